The van der Waals surface area contributed by atoms with Gasteiger partial charge in [-0.25, -0.2) is 0 Å². The number of nitrogens with two attached hydrogens (primary N) is 1. The zero-order chi connectivity index (χ0) is 15.0. The number of ether oxygens (including phenoxy) is 2. The van der Waals surface area contributed by atoms with E-state index < -0.39 is 0 Å². The van der Waals surface area contributed by atoms with Crippen molar-refractivity contribution in [1.82, 2.24) is 4.90 Å². The zero-order valence-corrected chi connectivity index (χ0v) is 13.1. The standard InChI is InChI=1S/C16H28N2O2/c1-5-18(13(3)12-19-4)16(11-17)14-7-9-15(10-8-14)20-6-2/h7-10,13,16H,5-6,11-12,17H2,1-4H3. The highest BCUT2D eigenvalue weighted by molar-refractivity contribution is 5.29. The number of likely N-dealkylation sites (N-methyl/N-ethyl adjacent to an activating group) is 1. The minimum atomic E-state index is 0.209. The van der Waals surface area contributed by atoms with Crippen LogP contribution in [0.3, 0.4) is 0 Å². The predicted molar refractivity (Wildman–Crippen MR) is 83.1 cm³/mol. The lowest BCUT2D eigenvalue weighted by molar-refractivity contribution is 0.0751. The Hall–Kier alpha value is -1.10. The fraction of sp³-hybridized carbons (Fsp3) is 0.625. The van der Waals surface area contributed by atoms with Crippen molar-refractivity contribution in [2.75, 3.05) is 33.4 Å². The van der Waals surface area contributed by atoms with Gasteiger partial charge >= 0.3 is 0 Å². The molecule has 0 saturated heterocycles. The summed E-state index contributed by atoms with van der Waals surface area (Å²) in [5.74, 6) is 0.903. The van der Waals surface area contributed by atoms with Crippen LogP contribution >= 0.6 is 0 Å². The van der Waals surface area contributed by atoms with Gasteiger partial charge < -0.3 is 15.2 Å². The molecule has 2 atom stereocenters. The van der Waals surface area contributed by atoms with Crippen molar-refractivity contribution in [3.8, 4) is 5.75 Å². The third kappa shape index (κ3) is 4.47. The van der Waals surface area contributed by atoms with Gasteiger partial charge in [0.15, 0.2) is 0 Å². The highest BCUT2D eigenvalue weighted by Gasteiger charge is 2.22. The molecule has 1 rings (SSSR count). The summed E-state index contributed by atoms with van der Waals surface area (Å²) in [6.07, 6.45) is 0. The lowest BCUT2D eigenvalue weighted by Gasteiger charge is -2.35. The van der Waals surface area contributed by atoms with E-state index in [1.54, 1.807) is 7.11 Å². The maximum atomic E-state index is 6.00. The first-order chi connectivity index (χ1) is 9.67. The molecule has 0 amide bonds. The Kier molecular flexibility index (Phi) is 7.59. The number of hydrogen-bond donors (Lipinski definition) is 1. The van der Waals surface area contributed by atoms with Gasteiger partial charge in [-0.3, -0.25) is 4.90 Å². The Balaban J connectivity index is 2.86. The van der Waals surface area contributed by atoms with Gasteiger partial charge in [0.25, 0.3) is 0 Å². The molecule has 0 fully saturated rings. The summed E-state index contributed by atoms with van der Waals surface area (Å²) >= 11 is 0. The Bertz CT molecular complexity index is 367. The van der Waals surface area contributed by atoms with E-state index >= 15 is 0 Å². The molecular weight excluding hydrogens is 252 g/mol. The van der Waals surface area contributed by atoms with E-state index in [-0.39, 0.29) is 6.04 Å². The smallest absolute Gasteiger partial charge is 0.119 e. The fourth-order valence-electron chi connectivity index (χ4n) is 2.59. The Labute approximate surface area is 122 Å². The van der Waals surface area contributed by atoms with E-state index in [2.05, 4.69) is 30.9 Å². The molecule has 0 radical (unpaired) electrons. The average Bonchev–Trinajstić information content (AvgIpc) is 2.46. The van der Waals surface area contributed by atoms with Crippen LogP contribution in [0, 0.1) is 0 Å². The predicted octanol–water partition coefficient (Wildman–Crippen LogP) is 2.44. The molecule has 20 heavy (non-hydrogen) atoms. The molecular formula is C16H28N2O2. The number of hydrogen-bond acceptors (Lipinski definition) is 4. The summed E-state index contributed by atoms with van der Waals surface area (Å²) in [7, 11) is 1.73. The second-order valence-electron chi connectivity index (χ2n) is 4.89. The van der Waals surface area contributed by atoms with Gasteiger partial charge in [-0.1, -0.05) is 19.1 Å². The summed E-state index contributed by atoms with van der Waals surface area (Å²) in [5, 5.41) is 0. The van der Waals surface area contributed by atoms with Gasteiger partial charge in [0.2, 0.25) is 0 Å². The van der Waals surface area contributed by atoms with Crippen molar-refractivity contribution in [3.63, 3.8) is 0 Å². The van der Waals surface area contributed by atoms with Crippen molar-refractivity contribution >= 4 is 0 Å². The van der Waals surface area contributed by atoms with Crippen LogP contribution < -0.4 is 10.5 Å². The number of nitrogens with zero attached hydrogens (tertiary/aromatic N) is 1. The third-order valence-corrected chi connectivity index (χ3v) is 3.54. The van der Waals surface area contributed by atoms with Crippen molar-refractivity contribution in [3.05, 3.63) is 29.8 Å². The first-order valence-electron chi connectivity index (χ1n) is 7.35. The fourth-order valence-corrected chi connectivity index (χ4v) is 2.59. The molecule has 0 bridgehead atoms. The van der Waals surface area contributed by atoms with Crippen molar-refractivity contribution < 1.29 is 9.47 Å². The minimum Gasteiger partial charge on any atom is -0.494 e. The van der Waals surface area contributed by atoms with Gasteiger partial charge in [0.1, 0.15) is 5.75 Å². The monoisotopic (exact) mass is 280 g/mol. The van der Waals surface area contributed by atoms with Crippen LogP contribution in [-0.4, -0.2) is 44.4 Å². The largest absolute Gasteiger partial charge is 0.494 e. The van der Waals surface area contributed by atoms with E-state index in [0.29, 0.717) is 25.8 Å². The summed E-state index contributed by atoms with van der Waals surface area (Å²) in [5.41, 5.74) is 7.22. The van der Waals surface area contributed by atoms with Gasteiger partial charge in [0, 0.05) is 25.7 Å². The molecule has 4 nitrogen and oxygen atoms in total. The van der Waals surface area contributed by atoms with E-state index in [1.807, 2.05) is 19.1 Å². The topological polar surface area (TPSA) is 47.7 Å². The SMILES string of the molecule is CCOc1ccc(C(CN)N(CC)C(C)COC)cc1. The van der Waals surface area contributed by atoms with E-state index in [1.165, 1.54) is 5.56 Å². The van der Waals surface area contributed by atoms with Gasteiger partial charge in [-0.05, 0) is 38.1 Å². The highest BCUT2D eigenvalue weighted by Crippen LogP contribution is 2.24. The Morgan fingerprint density at radius 1 is 1.20 bits per heavy atom. The van der Waals surface area contributed by atoms with Crippen LogP contribution in [0.25, 0.3) is 0 Å². The molecule has 0 spiro atoms. The number of benzene rings is 1. The quantitative estimate of drug-likeness (QED) is 0.755. The van der Waals surface area contributed by atoms with Crippen LogP contribution in [0.5, 0.6) is 5.75 Å². The molecule has 1 aromatic carbocycles. The van der Waals surface area contributed by atoms with Crippen LogP contribution in [0.4, 0.5) is 0 Å². The number of methoxy groups -OCH3 is 1. The van der Waals surface area contributed by atoms with E-state index in [4.69, 9.17) is 15.2 Å². The zero-order valence-electron chi connectivity index (χ0n) is 13.1. The van der Waals surface area contributed by atoms with Gasteiger partial charge in [-0.2, -0.15) is 0 Å². The molecule has 2 N–H and O–H groups in total. The van der Waals surface area contributed by atoms with Crippen LogP contribution in [0.2, 0.25) is 0 Å². The van der Waals surface area contributed by atoms with Gasteiger partial charge in [-0.15, -0.1) is 0 Å². The molecule has 2 unspecified atom stereocenters. The lowest BCUT2D eigenvalue weighted by atomic mass is 10.0. The first kappa shape index (κ1) is 17.0. The summed E-state index contributed by atoms with van der Waals surface area (Å²) in [4.78, 5) is 2.37. The first-order valence-corrected chi connectivity index (χ1v) is 7.35. The Morgan fingerprint density at radius 2 is 1.85 bits per heavy atom. The molecule has 0 aliphatic rings. The van der Waals surface area contributed by atoms with E-state index in [9.17, 15) is 0 Å². The summed E-state index contributed by atoms with van der Waals surface area (Å²) in [6, 6.07) is 8.77. The lowest BCUT2D eigenvalue weighted by Crippen LogP contribution is -2.42. The molecule has 0 heterocycles. The molecule has 0 aliphatic carbocycles. The van der Waals surface area contributed by atoms with Crippen LogP contribution in [-0.2, 0) is 4.74 Å². The van der Waals surface area contributed by atoms with Crippen molar-refractivity contribution in [1.29, 1.82) is 0 Å². The molecule has 0 aromatic heterocycles. The van der Waals surface area contributed by atoms with Crippen molar-refractivity contribution in [2.45, 2.75) is 32.9 Å². The van der Waals surface area contributed by atoms with Crippen LogP contribution in [0.15, 0.2) is 24.3 Å². The maximum Gasteiger partial charge on any atom is 0.119 e. The highest BCUT2D eigenvalue weighted by atomic mass is 16.5. The molecule has 0 saturated carbocycles. The van der Waals surface area contributed by atoms with Gasteiger partial charge in [0.05, 0.1) is 13.2 Å². The van der Waals surface area contributed by atoms with E-state index in [0.717, 1.165) is 12.3 Å². The molecule has 1 aromatic rings. The second-order valence-corrected chi connectivity index (χ2v) is 4.89. The number of rotatable bonds is 9. The Morgan fingerprint density at radius 3 is 2.30 bits per heavy atom. The maximum absolute atomic E-state index is 6.00. The molecule has 114 valence electrons. The molecule has 0 aliphatic heterocycles. The summed E-state index contributed by atoms with van der Waals surface area (Å²) < 4.78 is 10.7. The van der Waals surface area contributed by atoms with Crippen molar-refractivity contribution in [2.24, 2.45) is 5.73 Å². The third-order valence-electron chi connectivity index (χ3n) is 3.54. The average molecular weight is 280 g/mol. The van der Waals surface area contributed by atoms with Crippen LogP contribution in [0.1, 0.15) is 32.4 Å². The summed E-state index contributed by atoms with van der Waals surface area (Å²) in [6.45, 7) is 9.25. The normalized spacial score (nSPS) is 14.3. The second kappa shape index (κ2) is 8.95. The minimum absolute atomic E-state index is 0.209. The molecule has 4 heteroatoms.